The van der Waals surface area contributed by atoms with Crippen LogP contribution in [-0.2, 0) is 18.1 Å². The van der Waals surface area contributed by atoms with Gasteiger partial charge in [-0.1, -0.05) is 0 Å². The molecule has 1 aliphatic carbocycles. The maximum atomic E-state index is 3.82. The zero-order valence-electron chi connectivity index (χ0n) is 10.2. The van der Waals surface area contributed by atoms with Gasteiger partial charge in [0.15, 0.2) is 0 Å². The Bertz CT molecular complexity index is 503. The molecule has 0 aromatic heterocycles. The van der Waals surface area contributed by atoms with Crippen molar-refractivity contribution in [3.63, 3.8) is 0 Å². The maximum absolute atomic E-state index is 3.82. The Kier molecular flexibility index (Phi) is 2.91. The van der Waals surface area contributed by atoms with E-state index in [4.69, 9.17) is 0 Å². The first-order valence-electron chi connectivity index (χ1n) is 6.02. The van der Waals surface area contributed by atoms with Crippen molar-refractivity contribution in [1.29, 1.82) is 0 Å². The van der Waals surface area contributed by atoms with Crippen molar-refractivity contribution < 1.29 is 18.1 Å². The van der Waals surface area contributed by atoms with Crippen LogP contribution in [-0.4, -0.2) is 0 Å². The summed E-state index contributed by atoms with van der Waals surface area (Å²) in [7, 11) is 0. The molecule has 0 unspecified atom stereocenters. The fraction of sp³-hybridized carbons (Fsp3) is 0.200. The van der Waals surface area contributed by atoms with E-state index < -0.39 is 18.1 Å². The standard InChI is InChI=1S/C13H10N.2CH3.Ti/c14-13-11-7-3-1-5-9(11)10-6-2-4-8-12(10)13;;;/h1-8,13-14H;2*1H3;/q-1;;;+1. The van der Waals surface area contributed by atoms with Crippen LogP contribution in [0.25, 0.3) is 11.1 Å². The van der Waals surface area contributed by atoms with Crippen LogP contribution in [0.1, 0.15) is 17.2 Å². The molecule has 1 aliphatic rings. The molecule has 0 spiro atoms. The Morgan fingerprint density at radius 3 is 1.76 bits per heavy atom. The second-order valence-electron chi connectivity index (χ2n) is 4.75. The predicted molar refractivity (Wildman–Crippen MR) is 68.6 cm³/mol. The number of hydrogen-bond acceptors (Lipinski definition) is 1. The van der Waals surface area contributed by atoms with Crippen LogP contribution in [0, 0.1) is 0 Å². The zero-order valence-corrected chi connectivity index (χ0v) is 11.8. The van der Waals surface area contributed by atoms with Crippen LogP contribution in [0.15, 0.2) is 48.5 Å². The average molecular weight is 258 g/mol. The second kappa shape index (κ2) is 4.42. The Balaban J connectivity index is 2.17. The van der Waals surface area contributed by atoms with Gasteiger partial charge in [0.05, 0.1) is 0 Å². The fourth-order valence-electron chi connectivity index (χ4n) is 2.60. The van der Waals surface area contributed by atoms with Crippen LogP contribution in [0.2, 0.25) is 10.5 Å². The summed E-state index contributed by atoms with van der Waals surface area (Å²) in [6.45, 7) is 0. The van der Waals surface area contributed by atoms with Gasteiger partial charge < -0.3 is 0 Å². The quantitative estimate of drug-likeness (QED) is 0.803. The van der Waals surface area contributed by atoms with E-state index in [1.165, 1.54) is 22.3 Å². The van der Waals surface area contributed by atoms with E-state index in [0.29, 0.717) is 6.04 Å². The Morgan fingerprint density at radius 2 is 1.29 bits per heavy atom. The molecular formula is C15H16NTi. The third kappa shape index (κ3) is 1.89. The predicted octanol–water partition coefficient (Wildman–Crippen LogP) is 3.98. The van der Waals surface area contributed by atoms with Gasteiger partial charge in [0.1, 0.15) is 0 Å². The summed E-state index contributed by atoms with van der Waals surface area (Å²) in [6, 6.07) is 18.0. The number of rotatable bonds is 2. The van der Waals surface area contributed by atoms with E-state index in [9.17, 15) is 0 Å². The fourth-order valence-corrected chi connectivity index (χ4v) is 3.99. The molecule has 1 nitrogen and oxygen atoms in total. The molecular weight excluding hydrogens is 242 g/mol. The van der Waals surface area contributed by atoms with E-state index >= 15 is 0 Å². The summed E-state index contributed by atoms with van der Waals surface area (Å²) in [5, 5.41) is 4.73. The van der Waals surface area contributed by atoms with Crippen molar-refractivity contribution in [1.82, 2.24) is 3.80 Å². The van der Waals surface area contributed by atoms with E-state index in [2.05, 4.69) is 62.8 Å². The minimum absolute atomic E-state index is 0.424. The number of hydrogen-bond donors (Lipinski definition) is 1. The van der Waals surface area contributed by atoms with Gasteiger partial charge >= 0.3 is 109 Å². The summed E-state index contributed by atoms with van der Waals surface area (Å²) in [6.07, 6.45) is 0. The van der Waals surface area contributed by atoms with E-state index in [1.54, 1.807) is 0 Å². The monoisotopic (exact) mass is 258 g/mol. The van der Waals surface area contributed by atoms with Crippen LogP contribution in [0.5, 0.6) is 0 Å². The van der Waals surface area contributed by atoms with Crippen LogP contribution >= 0.6 is 0 Å². The number of nitrogens with one attached hydrogen (secondary N) is 1. The van der Waals surface area contributed by atoms with Crippen LogP contribution in [0.4, 0.5) is 0 Å². The Labute approximate surface area is 109 Å². The summed E-state index contributed by atoms with van der Waals surface area (Å²) in [4.78, 5) is 0. The van der Waals surface area contributed by atoms with Gasteiger partial charge in [0.25, 0.3) is 0 Å². The SMILES string of the molecule is [CH3][Ti]([CH3])[NH]C1c2ccccc2-c2ccccc21. The first-order valence-corrected chi connectivity index (χ1v) is 9.92. The van der Waals surface area contributed by atoms with E-state index in [1.807, 2.05) is 0 Å². The molecule has 0 amide bonds. The van der Waals surface area contributed by atoms with Gasteiger partial charge in [-0.25, -0.2) is 0 Å². The molecule has 0 heterocycles. The van der Waals surface area contributed by atoms with Gasteiger partial charge in [0.2, 0.25) is 0 Å². The third-order valence-corrected chi connectivity index (χ3v) is 4.62. The molecule has 0 saturated carbocycles. The number of benzene rings is 2. The first kappa shape index (κ1) is 11.2. The number of fused-ring (bicyclic) bond motifs is 3. The molecule has 0 saturated heterocycles. The molecule has 2 aromatic carbocycles. The van der Waals surface area contributed by atoms with Gasteiger partial charge in [-0.05, 0) is 0 Å². The molecule has 0 aliphatic heterocycles. The summed E-state index contributed by atoms with van der Waals surface area (Å²) >= 11 is -1.05. The normalized spacial score (nSPS) is 13.3. The van der Waals surface area contributed by atoms with Gasteiger partial charge in [-0.2, -0.15) is 0 Å². The third-order valence-electron chi connectivity index (χ3n) is 3.27. The van der Waals surface area contributed by atoms with Crippen LogP contribution < -0.4 is 3.80 Å². The summed E-state index contributed by atoms with van der Waals surface area (Å²) in [5.41, 5.74) is 5.70. The topological polar surface area (TPSA) is 12.0 Å². The van der Waals surface area contributed by atoms with E-state index in [-0.39, 0.29) is 0 Å². The zero-order chi connectivity index (χ0) is 11.8. The van der Waals surface area contributed by atoms with Gasteiger partial charge in [0, 0.05) is 0 Å². The van der Waals surface area contributed by atoms with Crippen molar-refractivity contribution >= 4 is 0 Å². The Morgan fingerprint density at radius 1 is 0.824 bits per heavy atom. The van der Waals surface area contributed by atoms with Crippen molar-refractivity contribution in [3.05, 3.63) is 59.7 Å². The molecule has 85 valence electrons. The second-order valence-corrected chi connectivity index (χ2v) is 8.33. The molecule has 17 heavy (non-hydrogen) atoms. The van der Waals surface area contributed by atoms with E-state index in [0.717, 1.165) is 0 Å². The summed E-state index contributed by atoms with van der Waals surface area (Å²) < 4.78 is 3.82. The molecule has 3 rings (SSSR count). The molecule has 0 fully saturated rings. The van der Waals surface area contributed by atoms with Crippen molar-refractivity contribution in [3.8, 4) is 11.1 Å². The summed E-state index contributed by atoms with van der Waals surface area (Å²) in [5.74, 6) is 0. The van der Waals surface area contributed by atoms with Crippen LogP contribution in [0.3, 0.4) is 0 Å². The molecule has 2 heteroatoms. The van der Waals surface area contributed by atoms with Crippen molar-refractivity contribution in [2.45, 2.75) is 16.5 Å². The van der Waals surface area contributed by atoms with Crippen molar-refractivity contribution in [2.24, 2.45) is 0 Å². The van der Waals surface area contributed by atoms with Gasteiger partial charge in [-0.3, -0.25) is 0 Å². The minimum atomic E-state index is -1.05. The average Bonchev–Trinajstić information content (AvgIpc) is 2.65. The molecule has 1 N–H and O–H groups in total. The van der Waals surface area contributed by atoms with Crippen molar-refractivity contribution in [2.75, 3.05) is 0 Å². The Hall–Kier alpha value is -0.886. The molecule has 0 bridgehead atoms. The van der Waals surface area contributed by atoms with Gasteiger partial charge in [-0.15, -0.1) is 0 Å². The molecule has 2 aromatic rings. The molecule has 0 radical (unpaired) electrons. The first-order chi connectivity index (χ1) is 8.27. The molecule has 0 atom stereocenters.